The number of allylic oxidation sites excluding steroid dienone is 3. The third-order valence-corrected chi connectivity index (χ3v) is 8.59. The molecule has 0 aliphatic heterocycles. The zero-order valence-electron chi connectivity index (χ0n) is 30.9. The van der Waals surface area contributed by atoms with Crippen molar-refractivity contribution in [2.24, 2.45) is 0 Å². The SMILES string of the molecule is C=CCCCCCCCC(=O)OCC(COC(=O)CCCCCCCC=CCC)OC(=O)CCCCCCCCCCCCCCC. The largest absolute Gasteiger partial charge is 0.462 e. The average Bonchev–Trinajstić information content (AvgIpc) is 3.06. The summed E-state index contributed by atoms with van der Waals surface area (Å²) in [6, 6.07) is 0. The lowest BCUT2D eigenvalue weighted by Crippen LogP contribution is -2.30. The van der Waals surface area contributed by atoms with Crippen molar-refractivity contribution in [1.29, 1.82) is 0 Å². The average molecular weight is 663 g/mol. The van der Waals surface area contributed by atoms with E-state index in [9.17, 15) is 14.4 Å². The molecule has 1 unspecified atom stereocenters. The van der Waals surface area contributed by atoms with Gasteiger partial charge in [0.2, 0.25) is 0 Å². The van der Waals surface area contributed by atoms with Crippen LogP contribution in [-0.2, 0) is 28.6 Å². The van der Waals surface area contributed by atoms with Gasteiger partial charge in [-0.15, -0.1) is 6.58 Å². The highest BCUT2D eigenvalue weighted by Gasteiger charge is 2.19. The summed E-state index contributed by atoms with van der Waals surface area (Å²) in [5, 5.41) is 0. The van der Waals surface area contributed by atoms with Crippen molar-refractivity contribution >= 4 is 17.9 Å². The minimum absolute atomic E-state index is 0.0798. The van der Waals surface area contributed by atoms with Crippen LogP contribution >= 0.6 is 0 Å². The Morgan fingerprint density at radius 1 is 0.489 bits per heavy atom. The summed E-state index contributed by atoms with van der Waals surface area (Å²) in [6.07, 6.45) is 36.4. The van der Waals surface area contributed by atoms with Crippen LogP contribution in [0.5, 0.6) is 0 Å². The molecule has 0 rings (SSSR count). The van der Waals surface area contributed by atoms with Gasteiger partial charge in [-0.05, 0) is 51.4 Å². The number of ether oxygens (including phenoxy) is 3. The predicted octanol–water partition coefficient (Wildman–Crippen LogP) is 12.1. The van der Waals surface area contributed by atoms with Crippen LogP contribution in [0.2, 0.25) is 0 Å². The highest BCUT2D eigenvalue weighted by atomic mass is 16.6. The zero-order valence-corrected chi connectivity index (χ0v) is 30.9. The molecule has 47 heavy (non-hydrogen) atoms. The molecule has 0 aromatic heterocycles. The molecule has 0 fully saturated rings. The topological polar surface area (TPSA) is 78.9 Å². The number of hydrogen-bond acceptors (Lipinski definition) is 6. The Hall–Kier alpha value is -2.11. The Balaban J connectivity index is 4.32. The Morgan fingerprint density at radius 2 is 0.872 bits per heavy atom. The van der Waals surface area contributed by atoms with Crippen LogP contribution in [0.4, 0.5) is 0 Å². The number of unbranched alkanes of at least 4 members (excludes halogenated alkanes) is 22. The van der Waals surface area contributed by atoms with Gasteiger partial charge in [0.1, 0.15) is 13.2 Å². The standard InChI is InChI=1S/C41H74O6/c1-4-7-10-13-16-18-19-20-21-23-26-29-32-35-41(44)47-38(36-45-39(42)33-30-27-24-15-12-9-6-3)37-46-40(43)34-31-28-25-22-17-14-11-8-5-2/h6,8,11,38H,3-5,7,9-10,12-37H2,1-2H3. The molecule has 0 bridgehead atoms. The molecule has 0 aromatic rings. The summed E-state index contributed by atoms with van der Waals surface area (Å²) in [5.74, 6) is -0.917. The molecule has 0 heterocycles. The summed E-state index contributed by atoms with van der Waals surface area (Å²) < 4.78 is 16.5. The molecule has 274 valence electrons. The molecule has 0 saturated carbocycles. The summed E-state index contributed by atoms with van der Waals surface area (Å²) >= 11 is 0. The van der Waals surface area contributed by atoms with Gasteiger partial charge in [0.25, 0.3) is 0 Å². The molecule has 0 N–H and O–H groups in total. The van der Waals surface area contributed by atoms with Crippen LogP contribution in [0.3, 0.4) is 0 Å². The monoisotopic (exact) mass is 663 g/mol. The molecule has 0 aliphatic rings. The van der Waals surface area contributed by atoms with Gasteiger partial charge in [0.05, 0.1) is 0 Å². The van der Waals surface area contributed by atoms with E-state index >= 15 is 0 Å². The molecule has 0 radical (unpaired) electrons. The first-order valence-corrected chi connectivity index (χ1v) is 19.8. The van der Waals surface area contributed by atoms with Gasteiger partial charge in [-0.1, -0.05) is 148 Å². The highest BCUT2D eigenvalue weighted by molar-refractivity contribution is 5.71. The molecule has 0 amide bonds. The first-order valence-electron chi connectivity index (χ1n) is 19.8. The fraction of sp³-hybridized carbons (Fsp3) is 0.829. The Labute approximate surface area is 290 Å². The molecule has 6 nitrogen and oxygen atoms in total. The lowest BCUT2D eigenvalue weighted by Gasteiger charge is -2.18. The van der Waals surface area contributed by atoms with Gasteiger partial charge in [0.15, 0.2) is 6.10 Å². The normalized spacial score (nSPS) is 11.9. The van der Waals surface area contributed by atoms with Gasteiger partial charge in [0, 0.05) is 19.3 Å². The lowest BCUT2D eigenvalue weighted by atomic mass is 10.0. The van der Waals surface area contributed by atoms with Gasteiger partial charge in [-0.25, -0.2) is 0 Å². The summed E-state index contributed by atoms with van der Waals surface area (Å²) in [6.45, 7) is 7.99. The maximum atomic E-state index is 12.6. The first-order chi connectivity index (χ1) is 23.0. The summed E-state index contributed by atoms with van der Waals surface area (Å²) in [5.41, 5.74) is 0. The van der Waals surface area contributed by atoms with Crippen molar-refractivity contribution in [2.75, 3.05) is 13.2 Å². The van der Waals surface area contributed by atoms with Crippen molar-refractivity contribution in [3.63, 3.8) is 0 Å². The van der Waals surface area contributed by atoms with Gasteiger partial charge >= 0.3 is 17.9 Å². The van der Waals surface area contributed by atoms with Crippen LogP contribution in [0.15, 0.2) is 24.8 Å². The maximum absolute atomic E-state index is 12.6. The number of esters is 3. The molecule has 6 heteroatoms. The molecule has 1 atom stereocenters. The van der Waals surface area contributed by atoms with Crippen molar-refractivity contribution in [3.05, 3.63) is 24.8 Å². The molecule has 0 saturated heterocycles. The van der Waals surface area contributed by atoms with E-state index in [4.69, 9.17) is 14.2 Å². The third kappa shape index (κ3) is 35.0. The number of carbonyl (C=O) groups is 3. The minimum Gasteiger partial charge on any atom is -0.462 e. The number of rotatable bonds is 36. The van der Waals surface area contributed by atoms with E-state index in [1.165, 1.54) is 77.0 Å². The molecule has 0 spiro atoms. The van der Waals surface area contributed by atoms with Crippen molar-refractivity contribution < 1.29 is 28.6 Å². The Morgan fingerprint density at radius 3 is 1.30 bits per heavy atom. The van der Waals surface area contributed by atoms with E-state index < -0.39 is 6.10 Å². The van der Waals surface area contributed by atoms with Crippen LogP contribution in [0.25, 0.3) is 0 Å². The smallest absolute Gasteiger partial charge is 0.306 e. The van der Waals surface area contributed by atoms with Gasteiger partial charge in [-0.3, -0.25) is 14.4 Å². The second kappa shape index (κ2) is 36.7. The van der Waals surface area contributed by atoms with Crippen molar-refractivity contribution in [3.8, 4) is 0 Å². The molecule has 0 aromatic carbocycles. The Bertz CT molecular complexity index is 761. The fourth-order valence-corrected chi connectivity index (χ4v) is 5.60. The second-order valence-electron chi connectivity index (χ2n) is 13.3. The zero-order chi connectivity index (χ0) is 34.5. The maximum Gasteiger partial charge on any atom is 0.306 e. The van der Waals surface area contributed by atoms with Gasteiger partial charge < -0.3 is 14.2 Å². The van der Waals surface area contributed by atoms with Crippen LogP contribution in [-0.4, -0.2) is 37.2 Å². The van der Waals surface area contributed by atoms with E-state index in [2.05, 4.69) is 32.6 Å². The second-order valence-corrected chi connectivity index (χ2v) is 13.3. The molecular weight excluding hydrogens is 588 g/mol. The highest BCUT2D eigenvalue weighted by Crippen LogP contribution is 2.14. The van der Waals surface area contributed by atoms with Crippen LogP contribution < -0.4 is 0 Å². The van der Waals surface area contributed by atoms with Crippen LogP contribution in [0, 0.1) is 0 Å². The summed E-state index contributed by atoms with van der Waals surface area (Å²) in [4.78, 5) is 37.3. The van der Waals surface area contributed by atoms with E-state index in [0.29, 0.717) is 19.3 Å². The van der Waals surface area contributed by atoms with Crippen LogP contribution in [0.1, 0.15) is 200 Å². The van der Waals surface area contributed by atoms with Crippen molar-refractivity contribution in [1.82, 2.24) is 0 Å². The molecule has 0 aliphatic carbocycles. The fourth-order valence-electron chi connectivity index (χ4n) is 5.60. The number of carbonyl (C=O) groups excluding carboxylic acids is 3. The van der Waals surface area contributed by atoms with E-state index in [-0.39, 0.29) is 31.1 Å². The quantitative estimate of drug-likeness (QED) is 0.0287. The first kappa shape index (κ1) is 44.9. The van der Waals surface area contributed by atoms with E-state index in [1.807, 2.05) is 6.08 Å². The van der Waals surface area contributed by atoms with Crippen molar-refractivity contribution in [2.45, 2.75) is 206 Å². The Kier molecular flexibility index (Phi) is 35.1. The minimum atomic E-state index is -0.771. The van der Waals surface area contributed by atoms with Gasteiger partial charge in [-0.2, -0.15) is 0 Å². The number of hydrogen-bond donors (Lipinski definition) is 0. The lowest BCUT2D eigenvalue weighted by molar-refractivity contribution is -0.167. The summed E-state index contributed by atoms with van der Waals surface area (Å²) in [7, 11) is 0. The predicted molar refractivity (Wildman–Crippen MR) is 196 cm³/mol. The third-order valence-electron chi connectivity index (χ3n) is 8.59. The van der Waals surface area contributed by atoms with E-state index in [1.54, 1.807) is 0 Å². The molecular formula is C41H74O6. The van der Waals surface area contributed by atoms with E-state index in [0.717, 1.165) is 89.9 Å².